The third-order valence-corrected chi connectivity index (χ3v) is 6.06. The van der Waals surface area contributed by atoms with E-state index in [1.54, 1.807) is 0 Å². The van der Waals surface area contributed by atoms with Gasteiger partial charge in [0.15, 0.2) is 5.82 Å². The van der Waals surface area contributed by atoms with Crippen LogP contribution in [-0.2, 0) is 28.9 Å². The van der Waals surface area contributed by atoms with Gasteiger partial charge in [0, 0.05) is 38.3 Å². The molecule has 0 spiro atoms. The molecule has 0 aliphatic carbocycles. The Labute approximate surface area is 172 Å². The van der Waals surface area contributed by atoms with Gasteiger partial charge in [0.25, 0.3) is 0 Å². The van der Waals surface area contributed by atoms with Crippen molar-refractivity contribution in [2.75, 3.05) is 26.3 Å². The van der Waals surface area contributed by atoms with Crippen LogP contribution in [-0.4, -0.2) is 57.9 Å². The highest BCUT2D eigenvalue weighted by Crippen LogP contribution is 2.29. The number of nitrogens with zero attached hydrogens (tertiary/aromatic N) is 4. The van der Waals surface area contributed by atoms with Gasteiger partial charge in [-0.15, -0.1) is 0 Å². The maximum Gasteiger partial charge on any atom is 0.225 e. The topological polar surface area (TPSA) is 86.3 Å². The summed E-state index contributed by atoms with van der Waals surface area (Å²) in [5.41, 5.74) is 6.67. The first kappa shape index (κ1) is 20.0. The Morgan fingerprint density at radius 2 is 1.97 bits per heavy atom. The van der Waals surface area contributed by atoms with E-state index in [4.69, 9.17) is 15.5 Å². The van der Waals surface area contributed by atoms with Crippen molar-refractivity contribution >= 4 is 5.91 Å². The summed E-state index contributed by atoms with van der Waals surface area (Å²) in [7, 11) is 0. The SMILES string of the molecule is NC(=O)Cc1nc(C2CCCN(C3CCOCC3)C2)n(CCc2ccccc2)n1. The van der Waals surface area contributed by atoms with Crippen LogP contribution in [0.2, 0.25) is 0 Å². The van der Waals surface area contributed by atoms with E-state index in [1.807, 2.05) is 10.7 Å². The molecule has 2 aliphatic rings. The number of likely N-dealkylation sites (tertiary alicyclic amines) is 1. The number of carbonyl (C=O) groups excluding carboxylic acids is 1. The normalized spacial score (nSPS) is 21.3. The van der Waals surface area contributed by atoms with Crippen molar-refractivity contribution in [3.8, 4) is 0 Å². The predicted octanol–water partition coefficient (Wildman–Crippen LogP) is 1.91. The molecule has 1 amide bonds. The number of carbonyl (C=O) groups is 1. The molecule has 29 heavy (non-hydrogen) atoms. The van der Waals surface area contributed by atoms with Crippen LogP contribution in [0.3, 0.4) is 0 Å². The molecular formula is C22H31N5O2. The lowest BCUT2D eigenvalue weighted by Gasteiger charge is -2.39. The lowest BCUT2D eigenvalue weighted by molar-refractivity contribution is -0.117. The summed E-state index contributed by atoms with van der Waals surface area (Å²) in [5.74, 6) is 1.51. The fourth-order valence-corrected chi connectivity index (χ4v) is 4.58. The maximum atomic E-state index is 11.4. The Balaban J connectivity index is 1.50. The van der Waals surface area contributed by atoms with E-state index < -0.39 is 0 Å². The number of primary amides is 1. The molecule has 2 aliphatic heterocycles. The molecule has 156 valence electrons. The van der Waals surface area contributed by atoms with Crippen LogP contribution >= 0.6 is 0 Å². The summed E-state index contributed by atoms with van der Waals surface area (Å²) in [6.45, 7) is 4.64. The molecule has 7 nitrogen and oxygen atoms in total. The van der Waals surface area contributed by atoms with Crippen molar-refractivity contribution in [3.05, 3.63) is 47.5 Å². The average molecular weight is 398 g/mol. The minimum Gasteiger partial charge on any atom is -0.381 e. The van der Waals surface area contributed by atoms with Gasteiger partial charge in [-0.2, -0.15) is 5.10 Å². The van der Waals surface area contributed by atoms with Crippen molar-refractivity contribution in [2.24, 2.45) is 5.73 Å². The number of nitrogens with two attached hydrogens (primary N) is 1. The van der Waals surface area contributed by atoms with Crippen molar-refractivity contribution < 1.29 is 9.53 Å². The number of piperidine rings is 1. The fourth-order valence-electron chi connectivity index (χ4n) is 4.58. The number of rotatable bonds is 7. The molecule has 1 atom stereocenters. The van der Waals surface area contributed by atoms with Gasteiger partial charge < -0.3 is 10.5 Å². The van der Waals surface area contributed by atoms with E-state index in [-0.39, 0.29) is 12.3 Å². The van der Waals surface area contributed by atoms with Gasteiger partial charge in [-0.05, 0) is 44.2 Å². The second-order valence-corrected chi connectivity index (χ2v) is 8.17. The molecule has 3 heterocycles. The van der Waals surface area contributed by atoms with Crippen LogP contribution in [0.5, 0.6) is 0 Å². The third-order valence-electron chi connectivity index (χ3n) is 6.06. The average Bonchev–Trinajstić information content (AvgIpc) is 3.16. The Kier molecular flexibility index (Phi) is 6.56. The van der Waals surface area contributed by atoms with Crippen LogP contribution in [0, 0.1) is 0 Å². The Hall–Kier alpha value is -2.25. The predicted molar refractivity (Wildman–Crippen MR) is 110 cm³/mol. The third kappa shape index (κ3) is 5.22. The summed E-state index contributed by atoms with van der Waals surface area (Å²) >= 11 is 0. The van der Waals surface area contributed by atoms with E-state index in [9.17, 15) is 4.79 Å². The minimum absolute atomic E-state index is 0.0989. The molecule has 1 unspecified atom stereocenters. The zero-order valence-corrected chi connectivity index (χ0v) is 17.0. The van der Waals surface area contributed by atoms with Crippen LogP contribution in [0.1, 0.15) is 48.8 Å². The number of aromatic nitrogens is 3. The second-order valence-electron chi connectivity index (χ2n) is 8.17. The number of hydrogen-bond donors (Lipinski definition) is 1. The standard InChI is InChI=1S/C22H31N5O2/c23-20(28)15-21-24-22(27(25-21)12-8-17-5-2-1-3-6-17)18-7-4-11-26(16-18)19-9-13-29-14-10-19/h1-3,5-6,18-19H,4,7-16H2,(H2,23,28). The fraction of sp³-hybridized carbons (Fsp3) is 0.591. The summed E-state index contributed by atoms with van der Waals surface area (Å²) in [4.78, 5) is 18.8. The van der Waals surface area contributed by atoms with E-state index in [0.717, 1.165) is 64.4 Å². The molecule has 7 heteroatoms. The quantitative estimate of drug-likeness (QED) is 0.771. The van der Waals surface area contributed by atoms with Gasteiger partial charge in [0.05, 0.1) is 6.42 Å². The second kappa shape index (κ2) is 9.50. The van der Waals surface area contributed by atoms with Gasteiger partial charge >= 0.3 is 0 Å². The van der Waals surface area contributed by atoms with Gasteiger partial charge in [0.2, 0.25) is 5.91 Å². The van der Waals surface area contributed by atoms with Crippen LogP contribution in [0.25, 0.3) is 0 Å². The lowest BCUT2D eigenvalue weighted by Crippen LogP contribution is -2.45. The monoisotopic (exact) mass is 397 g/mol. The van der Waals surface area contributed by atoms with E-state index in [2.05, 4.69) is 34.3 Å². The van der Waals surface area contributed by atoms with E-state index in [0.29, 0.717) is 17.8 Å². The van der Waals surface area contributed by atoms with Crippen LogP contribution in [0.4, 0.5) is 0 Å². The molecular weight excluding hydrogens is 366 g/mol. The highest BCUT2D eigenvalue weighted by atomic mass is 16.5. The number of amides is 1. The minimum atomic E-state index is -0.385. The summed E-state index contributed by atoms with van der Waals surface area (Å²) in [6.07, 6.45) is 5.49. The first-order valence-corrected chi connectivity index (χ1v) is 10.8. The lowest BCUT2D eigenvalue weighted by atomic mass is 9.94. The number of hydrogen-bond acceptors (Lipinski definition) is 5. The summed E-state index contributed by atoms with van der Waals surface area (Å²) < 4.78 is 7.56. The molecule has 0 radical (unpaired) electrons. The molecule has 2 N–H and O–H groups in total. The number of ether oxygens (including phenoxy) is 1. The van der Waals surface area contributed by atoms with Gasteiger partial charge in [-0.1, -0.05) is 30.3 Å². The van der Waals surface area contributed by atoms with Crippen molar-refractivity contribution in [3.63, 3.8) is 0 Å². The highest BCUT2D eigenvalue weighted by Gasteiger charge is 2.30. The molecule has 2 fully saturated rings. The van der Waals surface area contributed by atoms with Gasteiger partial charge in [-0.25, -0.2) is 9.67 Å². The molecule has 0 bridgehead atoms. The smallest absolute Gasteiger partial charge is 0.225 e. The molecule has 1 aromatic carbocycles. The van der Waals surface area contributed by atoms with Gasteiger partial charge in [0.1, 0.15) is 5.82 Å². The van der Waals surface area contributed by atoms with Crippen LogP contribution in [0.15, 0.2) is 30.3 Å². The van der Waals surface area contributed by atoms with E-state index >= 15 is 0 Å². The van der Waals surface area contributed by atoms with Crippen molar-refractivity contribution in [1.29, 1.82) is 0 Å². The molecule has 2 aromatic rings. The summed E-state index contributed by atoms with van der Waals surface area (Å²) in [5, 5.41) is 4.64. The van der Waals surface area contributed by atoms with E-state index in [1.165, 1.54) is 12.0 Å². The Bertz CT molecular complexity index is 801. The first-order chi connectivity index (χ1) is 14.2. The van der Waals surface area contributed by atoms with Crippen molar-refractivity contribution in [2.45, 2.75) is 57.0 Å². The van der Waals surface area contributed by atoms with Gasteiger partial charge in [-0.3, -0.25) is 9.69 Å². The number of benzene rings is 1. The summed E-state index contributed by atoms with van der Waals surface area (Å²) in [6, 6.07) is 11.0. The highest BCUT2D eigenvalue weighted by molar-refractivity contribution is 5.75. The molecule has 4 rings (SSSR count). The molecule has 2 saturated heterocycles. The molecule has 1 aromatic heterocycles. The first-order valence-electron chi connectivity index (χ1n) is 10.8. The largest absolute Gasteiger partial charge is 0.381 e. The van der Waals surface area contributed by atoms with Crippen LogP contribution < -0.4 is 5.73 Å². The Morgan fingerprint density at radius 1 is 1.17 bits per heavy atom. The van der Waals surface area contributed by atoms with Crippen molar-refractivity contribution in [1.82, 2.24) is 19.7 Å². The zero-order valence-electron chi connectivity index (χ0n) is 17.0. The zero-order chi connectivity index (χ0) is 20.1. The maximum absolute atomic E-state index is 11.4. The molecule has 0 saturated carbocycles. The number of aryl methyl sites for hydroxylation is 2. The Morgan fingerprint density at radius 3 is 2.72 bits per heavy atom.